The van der Waals surface area contributed by atoms with Gasteiger partial charge in [-0.2, -0.15) is 4.98 Å². The van der Waals surface area contributed by atoms with E-state index in [1.807, 2.05) is 13.8 Å². The van der Waals surface area contributed by atoms with E-state index < -0.39 is 0 Å². The molecule has 2 aromatic rings. The van der Waals surface area contributed by atoms with Gasteiger partial charge in [0.05, 0.1) is 12.2 Å². The molecule has 1 fully saturated rings. The van der Waals surface area contributed by atoms with Gasteiger partial charge >= 0.3 is 0 Å². The molecular weight excluding hydrogens is 258 g/mol. The molecule has 7 heteroatoms. The van der Waals surface area contributed by atoms with Gasteiger partial charge in [-0.3, -0.25) is 4.79 Å². The maximum atomic E-state index is 12.5. The second kappa shape index (κ2) is 5.07. The quantitative estimate of drug-likeness (QED) is 0.920. The van der Waals surface area contributed by atoms with Gasteiger partial charge in [0.25, 0.3) is 5.91 Å². The normalized spacial score (nSPS) is 18.7. The first-order chi connectivity index (χ1) is 9.69. The van der Waals surface area contributed by atoms with Gasteiger partial charge < -0.3 is 14.4 Å². The van der Waals surface area contributed by atoms with Crippen LogP contribution in [0.15, 0.2) is 10.7 Å². The van der Waals surface area contributed by atoms with E-state index in [1.54, 1.807) is 11.1 Å². The van der Waals surface area contributed by atoms with Gasteiger partial charge in [0.1, 0.15) is 11.5 Å². The molecule has 0 aromatic carbocycles. The highest BCUT2D eigenvalue weighted by Crippen LogP contribution is 2.31. The Morgan fingerprint density at radius 1 is 1.60 bits per heavy atom. The topological polar surface area (TPSA) is 87.9 Å². The van der Waals surface area contributed by atoms with Crippen molar-refractivity contribution in [2.45, 2.75) is 39.2 Å². The third-order valence-electron chi connectivity index (χ3n) is 3.53. The van der Waals surface area contributed by atoms with Gasteiger partial charge in [-0.25, -0.2) is 4.98 Å². The summed E-state index contributed by atoms with van der Waals surface area (Å²) in [5.74, 6) is 1.88. The number of nitrogens with zero attached hydrogens (tertiary/aromatic N) is 4. The number of rotatable bonds is 3. The van der Waals surface area contributed by atoms with E-state index in [0.29, 0.717) is 30.4 Å². The van der Waals surface area contributed by atoms with Crippen molar-refractivity contribution < 1.29 is 9.32 Å². The molecule has 3 heterocycles. The van der Waals surface area contributed by atoms with Crippen LogP contribution in [0, 0.1) is 6.92 Å². The minimum Gasteiger partial charge on any atom is -0.339 e. The fourth-order valence-corrected chi connectivity index (χ4v) is 2.51. The van der Waals surface area contributed by atoms with Crippen molar-refractivity contribution in [2.24, 2.45) is 0 Å². The largest absolute Gasteiger partial charge is 0.339 e. The van der Waals surface area contributed by atoms with E-state index in [1.165, 1.54) is 0 Å². The van der Waals surface area contributed by atoms with Crippen molar-refractivity contribution in [1.29, 1.82) is 0 Å². The highest BCUT2D eigenvalue weighted by atomic mass is 16.5. The summed E-state index contributed by atoms with van der Waals surface area (Å²) in [6, 6.07) is -0.102. The van der Waals surface area contributed by atoms with Crippen molar-refractivity contribution in [3.8, 4) is 0 Å². The van der Waals surface area contributed by atoms with Crippen molar-refractivity contribution >= 4 is 5.91 Å². The molecule has 0 saturated carbocycles. The Hall–Kier alpha value is -2.18. The monoisotopic (exact) mass is 275 g/mol. The lowest BCUT2D eigenvalue weighted by Crippen LogP contribution is -2.31. The Kier molecular flexibility index (Phi) is 3.25. The number of aromatic amines is 1. The van der Waals surface area contributed by atoms with Crippen LogP contribution in [-0.4, -0.2) is 37.5 Å². The first-order valence-electron chi connectivity index (χ1n) is 6.84. The number of hydrogen-bond acceptors (Lipinski definition) is 5. The molecule has 1 atom stereocenters. The first-order valence-corrected chi connectivity index (χ1v) is 6.84. The summed E-state index contributed by atoms with van der Waals surface area (Å²) < 4.78 is 5.14. The third-order valence-corrected chi connectivity index (χ3v) is 3.53. The van der Waals surface area contributed by atoms with Crippen LogP contribution >= 0.6 is 0 Å². The zero-order chi connectivity index (χ0) is 14.1. The van der Waals surface area contributed by atoms with Crippen LogP contribution in [0.4, 0.5) is 0 Å². The molecule has 0 spiro atoms. The summed E-state index contributed by atoms with van der Waals surface area (Å²) in [5, 5.41) is 3.99. The van der Waals surface area contributed by atoms with Gasteiger partial charge in [0.2, 0.25) is 5.89 Å². The van der Waals surface area contributed by atoms with Gasteiger partial charge in [0.15, 0.2) is 5.82 Å². The zero-order valence-electron chi connectivity index (χ0n) is 11.6. The van der Waals surface area contributed by atoms with Gasteiger partial charge in [-0.1, -0.05) is 12.1 Å². The lowest BCUT2D eigenvalue weighted by molar-refractivity contribution is 0.0723. The summed E-state index contributed by atoms with van der Waals surface area (Å²) >= 11 is 0. The van der Waals surface area contributed by atoms with Crippen LogP contribution in [0.1, 0.15) is 53.8 Å². The molecule has 1 amide bonds. The predicted octanol–water partition coefficient (Wildman–Crippen LogP) is 1.64. The molecule has 3 rings (SSSR count). The smallest absolute Gasteiger partial charge is 0.272 e. The number of likely N-dealkylation sites (tertiary alicyclic amines) is 1. The number of carbonyl (C=O) groups excluding carboxylic acids is 1. The maximum absolute atomic E-state index is 12.5. The summed E-state index contributed by atoms with van der Waals surface area (Å²) in [6.07, 6.45) is 4.08. The van der Waals surface area contributed by atoms with Crippen LogP contribution in [0.5, 0.6) is 0 Å². The molecule has 1 aliphatic rings. The Balaban J connectivity index is 1.83. The van der Waals surface area contributed by atoms with E-state index in [4.69, 9.17) is 4.52 Å². The van der Waals surface area contributed by atoms with Gasteiger partial charge in [-0.15, -0.1) is 0 Å². The third kappa shape index (κ3) is 2.19. The van der Waals surface area contributed by atoms with E-state index in [0.717, 1.165) is 18.7 Å². The van der Waals surface area contributed by atoms with E-state index in [-0.39, 0.29) is 11.9 Å². The maximum Gasteiger partial charge on any atom is 0.272 e. The molecule has 7 nitrogen and oxygen atoms in total. The molecule has 2 aromatic heterocycles. The number of amides is 1. The SMILES string of the molecule is CCc1nc(C2CCCN2C(=O)c2cnc(C)[nH]2)no1. The second-order valence-electron chi connectivity index (χ2n) is 4.94. The van der Waals surface area contributed by atoms with Crippen molar-refractivity contribution in [1.82, 2.24) is 25.0 Å². The number of aryl methyl sites for hydroxylation is 2. The molecule has 106 valence electrons. The van der Waals surface area contributed by atoms with Crippen molar-refractivity contribution in [2.75, 3.05) is 6.54 Å². The molecule has 0 radical (unpaired) electrons. The Labute approximate surface area is 116 Å². The van der Waals surface area contributed by atoms with Crippen molar-refractivity contribution in [3.63, 3.8) is 0 Å². The van der Waals surface area contributed by atoms with Crippen LogP contribution < -0.4 is 0 Å². The predicted molar refractivity (Wildman–Crippen MR) is 70.0 cm³/mol. The fraction of sp³-hybridized carbons (Fsp3) is 0.538. The molecule has 1 N–H and O–H groups in total. The lowest BCUT2D eigenvalue weighted by Gasteiger charge is -2.21. The van der Waals surface area contributed by atoms with Gasteiger partial charge in [0, 0.05) is 13.0 Å². The van der Waals surface area contributed by atoms with Gasteiger partial charge in [-0.05, 0) is 19.8 Å². The minimum absolute atomic E-state index is 0.0593. The molecule has 1 unspecified atom stereocenters. The molecular formula is C13H17N5O2. The molecule has 1 aliphatic heterocycles. The lowest BCUT2D eigenvalue weighted by atomic mass is 10.2. The molecule has 20 heavy (non-hydrogen) atoms. The van der Waals surface area contributed by atoms with Crippen LogP contribution in [0.25, 0.3) is 0 Å². The van der Waals surface area contributed by atoms with E-state index in [9.17, 15) is 4.79 Å². The highest BCUT2D eigenvalue weighted by Gasteiger charge is 2.34. The number of carbonyl (C=O) groups is 1. The summed E-state index contributed by atoms with van der Waals surface area (Å²) in [6.45, 7) is 4.49. The van der Waals surface area contributed by atoms with Crippen LogP contribution in [0.2, 0.25) is 0 Å². The number of aromatic nitrogens is 4. The number of imidazole rings is 1. The average molecular weight is 275 g/mol. The number of hydrogen-bond donors (Lipinski definition) is 1. The van der Waals surface area contributed by atoms with Crippen LogP contribution in [0.3, 0.4) is 0 Å². The zero-order valence-corrected chi connectivity index (χ0v) is 11.6. The van der Waals surface area contributed by atoms with Crippen molar-refractivity contribution in [3.05, 3.63) is 29.4 Å². The van der Waals surface area contributed by atoms with E-state index >= 15 is 0 Å². The Morgan fingerprint density at radius 3 is 3.10 bits per heavy atom. The second-order valence-corrected chi connectivity index (χ2v) is 4.94. The fourth-order valence-electron chi connectivity index (χ4n) is 2.51. The first kappa shape index (κ1) is 12.8. The molecule has 0 aliphatic carbocycles. The summed E-state index contributed by atoms with van der Waals surface area (Å²) in [4.78, 5) is 25.7. The standard InChI is InChI=1S/C13H17N5O2/c1-3-11-16-12(17-20-11)10-5-4-6-18(10)13(19)9-7-14-8(2)15-9/h7,10H,3-6H2,1-2H3,(H,14,15). The molecule has 1 saturated heterocycles. The summed E-state index contributed by atoms with van der Waals surface area (Å²) in [7, 11) is 0. The number of nitrogens with one attached hydrogen (secondary N) is 1. The summed E-state index contributed by atoms with van der Waals surface area (Å²) in [5.41, 5.74) is 0.508. The number of H-pyrrole nitrogens is 1. The Bertz CT molecular complexity index is 618. The van der Waals surface area contributed by atoms with E-state index in [2.05, 4.69) is 20.1 Å². The Morgan fingerprint density at radius 2 is 2.45 bits per heavy atom. The minimum atomic E-state index is -0.102. The molecule has 0 bridgehead atoms. The highest BCUT2D eigenvalue weighted by molar-refractivity contribution is 5.92. The average Bonchev–Trinajstić information content (AvgIpc) is 3.17. The van der Waals surface area contributed by atoms with Crippen LogP contribution in [-0.2, 0) is 6.42 Å².